The molecule has 0 aliphatic heterocycles. The summed E-state index contributed by atoms with van der Waals surface area (Å²) in [5, 5.41) is 4.50. The van der Waals surface area contributed by atoms with Gasteiger partial charge in [-0.2, -0.15) is 0 Å². The number of aromatic nitrogens is 2. The van der Waals surface area contributed by atoms with Crippen LogP contribution >= 0.6 is 23.1 Å². The Morgan fingerprint density at radius 2 is 2.03 bits per heavy atom. The Hall–Kier alpha value is -2.12. The third kappa shape index (κ3) is 5.26. The van der Waals surface area contributed by atoms with Crippen molar-refractivity contribution in [2.45, 2.75) is 76.5 Å². The fraction of sp³-hybridized carbons (Fsp3) is 0.480. The molecule has 1 atom stereocenters. The van der Waals surface area contributed by atoms with E-state index < -0.39 is 0 Å². The lowest BCUT2D eigenvalue weighted by Crippen LogP contribution is -2.34. The Balaban J connectivity index is 1.63. The van der Waals surface area contributed by atoms with Crippen LogP contribution in [0.1, 0.15) is 55.5 Å². The molecule has 0 saturated heterocycles. The van der Waals surface area contributed by atoms with Gasteiger partial charge in [-0.25, -0.2) is 4.98 Å². The first kappa shape index (κ1) is 23.1. The van der Waals surface area contributed by atoms with E-state index in [0.29, 0.717) is 11.7 Å². The van der Waals surface area contributed by atoms with Crippen molar-refractivity contribution < 1.29 is 4.79 Å². The van der Waals surface area contributed by atoms with E-state index in [0.717, 1.165) is 48.7 Å². The summed E-state index contributed by atoms with van der Waals surface area (Å²) in [6, 6.07) is 10.4. The minimum atomic E-state index is -0.00891. The number of nitrogens with one attached hydrogen (secondary N) is 1. The molecule has 1 aliphatic carbocycles. The molecular weight excluding hydrogens is 438 g/mol. The summed E-state index contributed by atoms with van der Waals surface area (Å²) < 4.78 is 1.80. The second-order valence-electron chi connectivity index (χ2n) is 8.52. The highest BCUT2D eigenvalue weighted by Crippen LogP contribution is 2.34. The number of nitrogens with zero attached hydrogens (tertiary/aromatic N) is 2. The summed E-state index contributed by atoms with van der Waals surface area (Å²) in [6.07, 6.45) is 7.08. The van der Waals surface area contributed by atoms with Gasteiger partial charge in [-0.05, 0) is 56.6 Å². The lowest BCUT2D eigenvalue weighted by atomic mass is 9.97. The fourth-order valence-electron chi connectivity index (χ4n) is 4.36. The zero-order valence-corrected chi connectivity index (χ0v) is 20.5. The van der Waals surface area contributed by atoms with Gasteiger partial charge < -0.3 is 5.32 Å². The first-order valence-corrected chi connectivity index (χ1v) is 13.4. The minimum absolute atomic E-state index is 0.00891. The maximum Gasteiger partial charge on any atom is 0.263 e. The van der Waals surface area contributed by atoms with E-state index in [1.807, 2.05) is 25.1 Å². The van der Waals surface area contributed by atoms with Gasteiger partial charge in [0.1, 0.15) is 4.83 Å². The summed E-state index contributed by atoms with van der Waals surface area (Å²) in [5.74, 6) is 0.257. The summed E-state index contributed by atoms with van der Waals surface area (Å²) in [5.41, 5.74) is 2.45. The van der Waals surface area contributed by atoms with Crippen LogP contribution < -0.4 is 10.9 Å². The lowest BCUT2D eigenvalue weighted by Gasteiger charge is -2.15. The normalized spacial score (nSPS) is 14.3. The van der Waals surface area contributed by atoms with Crippen LogP contribution in [0.25, 0.3) is 10.2 Å². The quantitative estimate of drug-likeness (QED) is 0.355. The molecule has 1 unspecified atom stereocenters. The predicted molar refractivity (Wildman–Crippen MR) is 134 cm³/mol. The maximum atomic E-state index is 13.6. The highest BCUT2D eigenvalue weighted by Gasteiger charge is 2.22. The molecule has 0 fully saturated rings. The zero-order chi connectivity index (χ0) is 22.5. The van der Waals surface area contributed by atoms with Crippen molar-refractivity contribution >= 4 is 39.2 Å². The van der Waals surface area contributed by atoms with Crippen LogP contribution in [-0.4, -0.2) is 27.3 Å². The minimum Gasteiger partial charge on any atom is -0.353 e. The molecule has 1 aromatic carbocycles. The summed E-state index contributed by atoms with van der Waals surface area (Å²) in [4.78, 5) is 33.1. The third-order valence-electron chi connectivity index (χ3n) is 5.97. The van der Waals surface area contributed by atoms with E-state index >= 15 is 0 Å². The molecule has 4 rings (SSSR count). The van der Waals surface area contributed by atoms with Crippen LogP contribution in [0.5, 0.6) is 0 Å². The van der Waals surface area contributed by atoms with Gasteiger partial charge in [0.25, 0.3) is 5.56 Å². The molecule has 0 saturated carbocycles. The van der Waals surface area contributed by atoms with E-state index in [1.54, 1.807) is 15.9 Å². The first-order chi connectivity index (χ1) is 15.6. The van der Waals surface area contributed by atoms with Gasteiger partial charge in [-0.3, -0.25) is 14.2 Å². The summed E-state index contributed by atoms with van der Waals surface area (Å²) in [7, 11) is 0. The van der Waals surface area contributed by atoms with Crippen molar-refractivity contribution in [3.8, 4) is 0 Å². The Morgan fingerprint density at radius 3 is 2.81 bits per heavy atom. The monoisotopic (exact) mass is 469 g/mol. The van der Waals surface area contributed by atoms with E-state index in [-0.39, 0.29) is 23.3 Å². The van der Waals surface area contributed by atoms with Gasteiger partial charge in [-0.1, -0.05) is 55.4 Å². The molecule has 170 valence electrons. The van der Waals surface area contributed by atoms with E-state index in [2.05, 4.69) is 24.4 Å². The smallest absolute Gasteiger partial charge is 0.263 e. The largest absolute Gasteiger partial charge is 0.353 e. The van der Waals surface area contributed by atoms with Gasteiger partial charge in [0.05, 0.1) is 11.1 Å². The summed E-state index contributed by atoms with van der Waals surface area (Å²) in [6.45, 7) is 4.71. The molecule has 3 aromatic rings. The molecule has 5 nitrogen and oxygen atoms in total. The van der Waals surface area contributed by atoms with E-state index in [1.165, 1.54) is 34.2 Å². The highest BCUT2D eigenvalue weighted by atomic mass is 32.2. The van der Waals surface area contributed by atoms with Crippen molar-refractivity contribution in [1.29, 1.82) is 0 Å². The average Bonchev–Trinajstić information content (AvgIpc) is 3.16. The number of fused-ring (bicyclic) bond motifs is 3. The van der Waals surface area contributed by atoms with Gasteiger partial charge in [0.15, 0.2) is 5.16 Å². The average molecular weight is 470 g/mol. The van der Waals surface area contributed by atoms with E-state index in [9.17, 15) is 9.59 Å². The number of carbonyl (C=O) groups is 1. The first-order valence-electron chi connectivity index (χ1n) is 11.6. The van der Waals surface area contributed by atoms with E-state index in [4.69, 9.17) is 4.98 Å². The van der Waals surface area contributed by atoms with Crippen LogP contribution in [0.2, 0.25) is 0 Å². The predicted octanol–water partition coefficient (Wildman–Crippen LogP) is 4.98. The van der Waals surface area contributed by atoms with Gasteiger partial charge in [-0.15, -0.1) is 11.3 Å². The van der Waals surface area contributed by atoms with Crippen LogP contribution in [0, 0.1) is 0 Å². The second-order valence-corrected chi connectivity index (χ2v) is 10.5. The molecule has 0 spiro atoms. The number of hydrogen-bond acceptors (Lipinski definition) is 5. The number of thioether (sulfide) groups is 1. The Morgan fingerprint density at radius 1 is 1.25 bits per heavy atom. The van der Waals surface area contributed by atoms with Crippen LogP contribution in [-0.2, 0) is 30.6 Å². The number of hydrogen-bond donors (Lipinski definition) is 1. The molecule has 1 aliphatic rings. The molecule has 1 N–H and O–H groups in total. The molecule has 0 bridgehead atoms. The van der Waals surface area contributed by atoms with Crippen molar-refractivity contribution in [2.24, 2.45) is 0 Å². The molecule has 2 heterocycles. The molecular formula is C25H31N3O2S2. The number of amides is 1. The van der Waals surface area contributed by atoms with Crippen molar-refractivity contribution in [1.82, 2.24) is 14.9 Å². The Kier molecular flexibility index (Phi) is 7.68. The molecule has 7 heteroatoms. The maximum absolute atomic E-state index is 13.6. The number of carbonyl (C=O) groups excluding carboxylic acids is 1. The number of thiophene rings is 1. The summed E-state index contributed by atoms with van der Waals surface area (Å²) >= 11 is 3.04. The number of benzene rings is 1. The van der Waals surface area contributed by atoms with Crippen LogP contribution in [0.3, 0.4) is 0 Å². The molecule has 32 heavy (non-hydrogen) atoms. The molecule has 1 amide bonds. The molecule has 0 radical (unpaired) electrons. The number of aryl methyl sites for hydroxylation is 3. The number of rotatable bonds is 9. The Bertz CT molecular complexity index is 1140. The standard InChI is InChI=1S/C25H31N3O2S2/c1-3-9-17(2)26-21(29)16-31-25-27-23-22(19-12-7-8-13-20(19)32-23)24(30)28(25)15-14-18-10-5-4-6-11-18/h4-6,10-11,17H,3,7-9,12-16H2,1-2H3,(H,26,29). The SMILES string of the molecule is CCCC(C)NC(=O)CSc1nc2sc3c(c2c(=O)n1CCc1ccccc1)CCCC3. The zero-order valence-electron chi connectivity index (χ0n) is 18.9. The fourth-order valence-corrected chi connectivity index (χ4v) is 6.50. The highest BCUT2D eigenvalue weighted by molar-refractivity contribution is 7.99. The third-order valence-corrected chi connectivity index (χ3v) is 8.13. The van der Waals surface area contributed by atoms with Crippen LogP contribution in [0.15, 0.2) is 40.3 Å². The van der Waals surface area contributed by atoms with Gasteiger partial charge >= 0.3 is 0 Å². The molecule has 2 aromatic heterocycles. The topological polar surface area (TPSA) is 64.0 Å². The van der Waals surface area contributed by atoms with Crippen molar-refractivity contribution in [2.75, 3.05) is 5.75 Å². The Labute approximate surface area is 197 Å². The van der Waals surface area contributed by atoms with Crippen molar-refractivity contribution in [3.63, 3.8) is 0 Å². The van der Waals surface area contributed by atoms with Gasteiger partial charge in [0.2, 0.25) is 5.91 Å². The lowest BCUT2D eigenvalue weighted by molar-refractivity contribution is -0.119. The second kappa shape index (κ2) is 10.7. The van der Waals surface area contributed by atoms with Gasteiger partial charge in [0, 0.05) is 17.5 Å². The van der Waals surface area contributed by atoms with Crippen LogP contribution in [0.4, 0.5) is 0 Å². The van der Waals surface area contributed by atoms with Crippen molar-refractivity contribution in [3.05, 3.63) is 56.7 Å².